The number of carbonyl (C=O) groups is 1. The summed E-state index contributed by atoms with van der Waals surface area (Å²) < 4.78 is 1.88. The van der Waals surface area contributed by atoms with Crippen LogP contribution in [0, 0.1) is 5.92 Å². The summed E-state index contributed by atoms with van der Waals surface area (Å²) in [5, 5.41) is 0. The van der Waals surface area contributed by atoms with Gasteiger partial charge in [-0.1, -0.05) is 6.07 Å². The van der Waals surface area contributed by atoms with E-state index in [1.165, 1.54) is 0 Å². The first kappa shape index (κ1) is 12.4. The van der Waals surface area contributed by atoms with Gasteiger partial charge in [-0.05, 0) is 25.3 Å². The average Bonchev–Trinajstić information content (AvgIpc) is 2.39. The molecular formula is C14H20N3O2+. The quantitative estimate of drug-likeness (QED) is 0.736. The molecule has 2 aliphatic rings. The second-order valence-electron chi connectivity index (χ2n) is 5.84. The Bertz CT molecular complexity index is 564. The van der Waals surface area contributed by atoms with E-state index in [1.54, 1.807) is 6.07 Å². The average molecular weight is 262 g/mol. The van der Waals surface area contributed by atoms with Crippen molar-refractivity contribution >= 4 is 5.91 Å². The Balaban J connectivity index is 1.92. The molecule has 1 amide bonds. The molecule has 0 spiro atoms. The maximum absolute atomic E-state index is 12.1. The zero-order valence-corrected chi connectivity index (χ0v) is 11.2. The molecule has 0 aliphatic carbocycles. The van der Waals surface area contributed by atoms with Crippen LogP contribution in [0.15, 0.2) is 23.0 Å². The van der Waals surface area contributed by atoms with Crippen LogP contribution in [-0.2, 0) is 11.3 Å². The lowest BCUT2D eigenvalue weighted by Crippen LogP contribution is -2.67. The SMILES string of the molecule is C[C@@H]([NH3+])C(=O)N1C[C@@H]2C[C@H](C1)c1cccc(=O)n1C2. The highest BCUT2D eigenvalue weighted by atomic mass is 16.2. The van der Waals surface area contributed by atoms with Crippen LogP contribution in [0.5, 0.6) is 0 Å². The van der Waals surface area contributed by atoms with Crippen LogP contribution in [0.1, 0.15) is 25.0 Å². The van der Waals surface area contributed by atoms with Gasteiger partial charge in [0.2, 0.25) is 0 Å². The van der Waals surface area contributed by atoms with Crippen molar-refractivity contribution in [3.8, 4) is 0 Å². The molecule has 3 atom stereocenters. The molecule has 5 nitrogen and oxygen atoms in total. The van der Waals surface area contributed by atoms with Crippen LogP contribution in [0.25, 0.3) is 0 Å². The van der Waals surface area contributed by atoms with Crippen LogP contribution in [-0.4, -0.2) is 34.5 Å². The molecule has 19 heavy (non-hydrogen) atoms. The van der Waals surface area contributed by atoms with Crippen molar-refractivity contribution in [2.45, 2.75) is 31.8 Å². The van der Waals surface area contributed by atoms with E-state index in [9.17, 15) is 9.59 Å². The lowest BCUT2D eigenvalue weighted by Gasteiger charge is -2.42. The normalized spacial score (nSPS) is 26.7. The first-order valence-corrected chi connectivity index (χ1v) is 6.88. The molecule has 3 heterocycles. The van der Waals surface area contributed by atoms with Crippen LogP contribution in [0.4, 0.5) is 0 Å². The first-order valence-electron chi connectivity index (χ1n) is 6.88. The maximum atomic E-state index is 12.1. The van der Waals surface area contributed by atoms with Gasteiger partial charge in [-0.25, -0.2) is 0 Å². The highest BCUT2D eigenvalue weighted by molar-refractivity contribution is 5.80. The van der Waals surface area contributed by atoms with Crippen molar-refractivity contribution in [1.29, 1.82) is 0 Å². The minimum absolute atomic E-state index is 0.0810. The minimum atomic E-state index is -0.197. The smallest absolute Gasteiger partial charge is 0.280 e. The number of hydrogen-bond donors (Lipinski definition) is 1. The minimum Gasteiger partial charge on any atom is -0.348 e. The van der Waals surface area contributed by atoms with Crippen LogP contribution in [0.3, 0.4) is 0 Å². The Morgan fingerprint density at radius 2 is 2.16 bits per heavy atom. The molecule has 2 aliphatic heterocycles. The zero-order valence-electron chi connectivity index (χ0n) is 11.2. The van der Waals surface area contributed by atoms with Gasteiger partial charge in [0.15, 0.2) is 6.04 Å². The Labute approximate surface area is 112 Å². The summed E-state index contributed by atoms with van der Waals surface area (Å²) in [6.45, 7) is 4.06. The number of piperidine rings is 1. The van der Waals surface area contributed by atoms with Crippen molar-refractivity contribution in [2.24, 2.45) is 5.92 Å². The predicted octanol–water partition coefficient (Wildman–Crippen LogP) is -0.576. The van der Waals surface area contributed by atoms with Crippen LogP contribution >= 0.6 is 0 Å². The number of nitrogens with zero attached hydrogens (tertiary/aromatic N) is 2. The maximum Gasteiger partial charge on any atom is 0.280 e. The number of quaternary nitrogens is 1. The number of likely N-dealkylation sites (tertiary alicyclic amines) is 1. The highest BCUT2D eigenvalue weighted by Gasteiger charge is 2.37. The van der Waals surface area contributed by atoms with Crippen LogP contribution < -0.4 is 11.3 Å². The largest absolute Gasteiger partial charge is 0.348 e. The molecular weight excluding hydrogens is 242 g/mol. The van der Waals surface area contributed by atoms with Crippen molar-refractivity contribution in [2.75, 3.05) is 13.1 Å². The van der Waals surface area contributed by atoms with E-state index < -0.39 is 0 Å². The fourth-order valence-electron chi connectivity index (χ4n) is 3.39. The number of fused-ring (bicyclic) bond motifs is 4. The third-order valence-electron chi connectivity index (χ3n) is 4.21. The first-order chi connectivity index (χ1) is 9.06. The number of aromatic nitrogens is 1. The molecule has 102 valence electrons. The summed E-state index contributed by atoms with van der Waals surface area (Å²) in [5.41, 5.74) is 4.98. The molecule has 1 saturated heterocycles. The van der Waals surface area contributed by atoms with Gasteiger partial charge >= 0.3 is 0 Å². The summed E-state index contributed by atoms with van der Waals surface area (Å²) in [5.74, 6) is 0.819. The molecule has 0 saturated carbocycles. The molecule has 2 bridgehead atoms. The molecule has 3 rings (SSSR count). The number of rotatable bonds is 1. The van der Waals surface area contributed by atoms with E-state index in [0.717, 1.165) is 31.7 Å². The van der Waals surface area contributed by atoms with Crippen molar-refractivity contribution in [3.63, 3.8) is 0 Å². The Morgan fingerprint density at radius 1 is 1.37 bits per heavy atom. The van der Waals surface area contributed by atoms with Gasteiger partial charge in [0, 0.05) is 37.3 Å². The summed E-state index contributed by atoms with van der Waals surface area (Å²) in [6, 6.07) is 5.26. The van der Waals surface area contributed by atoms with E-state index in [-0.39, 0.29) is 17.5 Å². The fraction of sp³-hybridized carbons (Fsp3) is 0.571. The predicted molar refractivity (Wildman–Crippen MR) is 70.5 cm³/mol. The van der Waals surface area contributed by atoms with Gasteiger partial charge in [0.25, 0.3) is 11.5 Å². The van der Waals surface area contributed by atoms with Crippen LogP contribution in [0.2, 0.25) is 0 Å². The lowest BCUT2D eigenvalue weighted by molar-refractivity contribution is -0.400. The van der Waals surface area contributed by atoms with Gasteiger partial charge in [0.1, 0.15) is 0 Å². The van der Waals surface area contributed by atoms with Crippen molar-refractivity contribution in [3.05, 3.63) is 34.2 Å². The van der Waals surface area contributed by atoms with Gasteiger partial charge in [-0.2, -0.15) is 0 Å². The standard InChI is InChI=1S/C14H19N3O2/c1-9(15)14(19)16-6-10-5-11(8-16)12-3-2-4-13(18)17(12)7-10/h2-4,9-11H,5-8,15H2,1H3/p+1/t9-,10+,11-/m1/s1. The topological polar surface area (TPSA) is 70.0 Å². The summed E-state index contributed by atoms with van der Waals surface area (Å²) >= 11 is 0. The summed E-state index contributed by atoms with van der Waals surface area (Å²) in [4.78, 5) is 25.9. The Kier molecular flexibility index (Phi) is 2.93. The molecule has 5 heteroatoms. The molecule has 1 aromatic heterocycles. The monoisotopic (exact) mass is 262 g/mol. The third kappa shape index (κ3) is 2.08. The van der Waals surface area contributed by atoms with E-state index in [4.69, 9.17) is 0 Å². The van der Waals surface area contributed by atoms with Gasteiger partial charge in [0.05, 0.1) is 0 Å². The number of amides is 1. The highest BCUT2D eigenvalue weighted by Crippen LogP contribution is 2.34. The van der Waals surface area contributed by atoms with E-state index in [1.807, 2.05) is 28.5 Å². The van der Waals surface area contributed by atoms with E-state index in [2.05, 4.69) is 5.73 Å². The molecule has 0 radical (unpaired) electrons. The molecule has 0 unspecified atom stereocenters. The lowest BCUT2D eigenvalue weighted by atomic mass is 9.83. The van der Waals surface area contributed by atoms with Gasteiger partial charge in [-0.15, -0.1) is 0 Å². The van der Waals surface area contributed by atoms with Gasteiger partial charge < -0.3 is 15.2 Å². The van der Waals surface area contributed by atoms with Crippen molar-refractivity contribution in [1.82, 2.24) is 9.47 Å². The number of pyridine rings is 1. The Hall–Kier alpha value is -1.62. The summed E-state index contributed by atoms with van der Waals surface area (Å²) in [7, 11) is 0. The number of carbonyl (C=O) groups excluding carboxylic acids is 1. The Morgan fingerprint density at radius 3 is 2.89 bits per heavy atom. The zero-order chi connectivity index (χ0) is 13.6. The molecule has 0 aromatic carbocycles. The van der Waals surface area contributed by atoms with E-state index in [0.29, 0.717) is 11.8 Å². The number of hydrogen-bond acceptors (Lipinski definition) is 2. The molecule has 1 fully saturated rings. The van der Waals surface area contributed by atoms with Gasteiger partial charge in [-0.3, -0.25) is 9.59 Å². The third-order valence-corrected chi connectivity index (χ3v) is 4.21. The van der Waals surface area contributed by atoms with Crippen molar-refractivity contribution < 1.29 is 10.5 Å². The second kappa shape index (κ2) is 4.49. The fourth-order valence-corrected chi connectivity index (χ4v) is 3.39. The molecule has 1 aromatic rings. The molecule has 3 N–H and O–H groups in total. The summed E-state index contributed by atoms with van der Waals surface area (Å²) in [6.07, 6.45) is 1.08. The second-order valence-corrected chi connectivity index (χ2v) is 5.84. The van der Waals surface area contributed by atoms with E-state index >= 15 is 0 Å².